The van der Waals surface area contributed by atoms with Crippen molar-refractivity contribution in [2.24, 2.45) is 0 Å². The average molecular weight is 330 g/mol. The van der Waals surface area contributed by atoms with Gasteiger partial charge in [-0.05, 0) is 30.5 Å². The van der Waals surface area contributed by atoms with Crippen molar-refractivity contribution in [2.45, 2.75) is 38.5 Å². The summed E-state index contributed by atoms with van der Waals surface area (Å²) in [5.74, 6) is 0.816. The van der Waals surface area contributed by atoms with Crippen LogP contribution in [-0.2, 0) is 22.6 Å². The molecule has 1 unspecified atom stereocenters. The second kappa shape index (κ2) is 8.44. The summed E-state index contributed by atoms with van der Waals surface area (Å²) in [6.45, 7) is 2.46. The van der Waals surface area contributed by atoms with Gasteiger partial charge in [0.15, 0.2) is 0 Å². The Kier molecular flexibility index (Phi) is 5.79. The maximum atomic E-state index is 11.8. The van der Waals surface area contributed by atoms with Crippen LogP contribution in [0.1, 0.15) is 24.8 Å². The van der Waals surface area contributed by atoms with Crippen LogP contribution >= 0.6 is 0 Å². The molecule has 1 saturated heterocycles. The minimum atomic E-state index is -0.00999. The van der Waals surface area contributed by atoms with Crippen LogP contribution in [0.5, 0.6) is 5.75 Å². The van der Waals surface area contributed by atoms with Crippen LogP contribution in [0.25, 0.3) is 0 Å². The molecule has 128 valence electrons. The molecular formula is C17H22N4O3. The van der Waals surface area contributed by atoms with E-state index in [1.54, 1.807) is 11.0 Å². The molecule has 2 heterocycles. The van der Waals surface area contributed by atoms with E-state index in [1.165, 1.54) is 6.33 Å². The zero-order valence-corrected chi connectivity index (χ0v) is 13.6. The molecule has 2 aromatic rings. The van der Waals surface area contributed by atoms with Crippen molar-refractivity contribution in [1.29, 1.82) is 0 Å². The Balaban J connectivity index is 1.36. The van der Waals surface area contributed by atoms with Crippen molar-refractivity contribution in [2.75, 3.05) is 13.2 Å². The third-order valence-electron chi connectivity index (χ3n) is 3.91. The van der Waals surface area contributed by atoms with Crippen molar-refractivity contribution in [3.63, 3.8) is 0 Å². The summed E-state index contributed by atoms with van der Waals surface area (Å²) in [6.07, 6.45) is 5.84. The van der Waals surface area contributed by atoms with Gasteiger partial charge in [0.25, 0.3) is 0 Å². The van der Waals surface area contributed by atoms with Crippen LogP contribution in [0, 0.1) is 0 Å². The average Bonchev–Trinajstić information content (AvgIpc) is 3.30. The lowest BCUT2D eigenvalue weighted by Gasteiger charge is -2.12. The highest BCUT2D eigenvalue weighted by Gasteiger charge is 2.15. The number of amides is 1. The van der Waals surface area contributed by atoms with E-state index in [1.807, 2.05) is 24.3 Å². The van der Waals surface area contributed by atoms with Gasteiger partial charge in [0.1, 0.15) is 25.0 Å². The van der Waals surface area contributed by atoms with E-state index >= 15 is 0 Å². The van der Waals surface area contributed by atoms with Gasteiger partial charge in [-0.15, -0.1) is 0 Å². The van der Waals surface area contributed by atoms with E-state index in [2.05, 4.69) is 15.4 Å². The number of aromatic nitrogens is 3. The second-order valence-corrected chi connectivity index (χ2v) is 5.78. The summed E-state index contributed by atoms with van der Waals surface area (Å²) in [5, 5.41) is 6.86. The molecule has 1 amide bonds. The van der Waals surface area contributed by atoms with Gasteiger partial charge in [-0.2, -0.15) is 5.10 Å². The van der Waals surface area contributed by atoms with Gasteiger partial charge < -0.3 is 14.8 Å². The quantitative estimate of drug-likeness (QED) is 0.794. The zero-order chi connectivity index (χ0) is 16.6. The number of nitrogens with zero attached hydrogens (tertiary/aromatic N) is 3. The summed E-state index contributed by atoms with van der Waals surface area (Å²) < 4.78 is 12.9. The van der Waals surface area contributed by atoms with E-state index in [0.717, 1.165) is 30.8 Å². The van der Waals surface area contributed by atoms with Crippen molar-refractivity contribution >= 4 is 5.91 Å². The minimum Gasteiger partial charge on any atom is -0.491 e. The number of hydrogen-bond donors (Lipinski definition) is 1. The van der Waals surface area contributed by atoms with Gasteiger partial charge in [-0.1, -0.05) is 12.1 Å². The smallest absolute Gasteiger partial charge is 0.222 e. The van der Waals surface area contributed by atoms with Crippen LogP contribution < -0.4 is 10.1 Å². The van der Waals surface area contributed by atoms with Crippen LogP contribution in [0.15, 0.2) is 36.9 Å². The van der Waals surface area contributed by atoms with Gasteiger partial charge in [0.05, 0.1) is 12.6 Å². The third-order valence-corrected chi connectivity index (χ3v) is 3.91. The highest BCUT2D eigenvalue weighted by molar-refractivity contribution is 5.75. The standard InChI is InChI=1S/C17H22N4O3/c22-17(7-8-21-13-18-12-20-21)19-10-14-3-5-15(6-4-14)24-11-16-2-1-9-23-16/h3-6,12-13,16H,1-2,7-11H2,(H,19,22). The van der Waals surface area contributed by atoms with E-state index in [-0.39, 0.29) is 12.0 Å². The Morgan fingerprint density at radius 3 is 2.96 bits per heavy atom. The molecule has 0 saturated carbocycles. The molecule has 0 spiro atoms. The van der Waals surface area contributed by atoms with Crippen molar-refractivity contribution in [1.82, 2.24) is 20.1 Å². The Hall–Kier alpha value is -2.41. The third kappa shape index (κ3) is 5.06. The Morgan fingerprint density at radius 1 is 1.38 bits per heavy atom. The Bertz CT molecular complexity index is 622. The molecule has 0 bridgehead atoms. The fourth-order valence-electron chi connectivity index (χ4n) is 2.52. The molecule has 1 aromatic carbocycles. The molecule has 1 aliphatic rings. The molecule has 1 atom stereocenters. The first kappa shape index (κ1) is 16.4. The first-order valence-electron chi connectivity index (χ1n) is 8.22. The molecule has 1 aliphatic heterocycles. The predicted octanol–water partition coefficient (Wildman–Crippen LogP) is 1.54. The Morgan fingerprint density at radius 2 is 2.25 bits per heavy atom. The van der Waals surface area contributed by atoms with Crippen LogP contribution in [0.2, 0.25) is 0 Å². The molecule has 0 radical (unpaired) electrons. The van der Waals surface area contributed by atoms with E-state index in [9.17, 15) is 4.79 Å². The maximum Gasteiger partial charge on any atom is 0.222 e. The minimum absolute atomic E-state index is 0.00999. The van der Waals surface area contributed by atoms with Crippen molar-refractivity contribution in [3.05, 3.63) is 42.5 Å². The number of hydrogen-bond acceptors (Lipinski definition) is 5. The number of benzene rings is 1. The van der Waals surface area contributed by atoms with Gasteiger partial charge in [0.2, 0.25) is 5.91 Å². The zero-order valence-electron chi connectivity index (χ0n) is 13.6. The number of rotatable bonds is 8. The molecule has 0 aliphatic carbocycles. The predicted molar refractivity (Wildman–Crippen MR) is 87.4 cm³/mol. The molecule has 1 N–H and O–H groups in total. The normalized spacial score (nSPS) is 16.9. The maximum absolute atomic E-state index is 11.8. The summed E-state index contributed by atoms with van der Waals surface area (Å²) in [5.41, 5.74) is 1.04. The monoisotopic (exact) mass is 330 g/mol. The number of carbonyl (C=O) groups is 1. The molecule has 7 heteroatoms. The summed E-state index contributed by atoms with van der Waals surface area (Å²) in [7, 11) is 0. The van der Waals surface area contributed by atoms with Crippen LogP contribution in [0.3, 0.4) is 0 Å². The van der Waals surface area contributed by atoms with Crippen LogP contribution in [-0.4, -0.2) is 40.0 Å². The molecule has 7 nitrogen and oxygen atoms in total. The van der Waals surface area contributed by atoms with E-state index in [4.69, 9.17) is 9.47 Å². The lowest BCUT2D eigenvalue weighted by atomic mass is 10.2. The molecule has 1 fully saturated rings. The first-order chi connectivity index (χ1) is 11.8. The van der Waals surface area contributed by atoms with E-state index in [0.29, 0.717) is 26.1 Å². The fourth-order valence-corrected chi connectivity index (χ4v) is 2.52. The summed E-state index contributed by atoms with van der Waals surface area (Å²) in [6, 6.07) is 7.77. The number of ether oxygens (including phenoxy) is 2. The topological polar surface area (TPSA) is 78.3 Å². The van der Waals surface area contributed by atoms with Gasteiger partial charge in [0, 0.05) is 19.6 Å². The fraction of sp³-hybridized carbons (Fsp3) is 0.471. The molecule has 3 rings (SSSR count). The molecular weight excluding hydrogens is 308 g/mol. The van der Waals surface area contributed by atoms with Gasteiger partial charge in [-0.25, -0.2) is 4.98 Å². The lowest BCUT2D eigenvalue weighted by Crippen LogP contribution is -2.24. The highest BCUT2D eigenvalue weighted by atomic mass is 16.5. The Labute approximate surface area is 141 Å². The first-order valence-corrected chi connectivity index (χ1v) is 8.22. The second-order valence-electron chi connectivity index (χ2n) is 5.78. The SMILES string of the molecule is O=C(CCn1cncn1)NCc1ccc(OCC2CCCO2)cc1. The lowest BCUT2D eigenvalue weighted by molar-refractivity contribution is -0.121. The van der Waals surface area contributed by atoms with Gasteiger partial charge >= 0.3 is 0 Å². The largest absolute Gasteiger partial charge is 0.491 e. The molecule has 24 heavy (non-hydrogen) atoms. The van der Waals surface area contributed by atoms with Gasteiger partial charge in [-0.3, -0.25) is 9.48 Å². The number of aryl methyl sites for hydroxylation is 1. The summed E-state index contributed by atoms with van der Waals surface area (Å²) >= 11 is 0. The van der Waals surface area contributed by atoms with Crippen molar-refractivity contribution in [3.8, 4) is 5.75 Å². The molecule has 1 aromatic heterocycles. The van der Waals surface area contributed by atoms with Crippen molar-refractivity contribution < 1.29 is 14.3 Å². The highest BCUT2D eigenvalue weighted by Crippen LogP contribution is 2.16. The number of carbonyl (C=O) groups excluding carboxylic acids is 1. The number of nitrogens with one attached hydrogen (secondary N) is 1. The summed E-state index contributed by atoms with van der Waals surface area (Å²) in [4.78, 5) is 15.7. The van der Waals surface area contributed by atoms with Crippen LogP contribution in [0.4, 0.5) is 0 Å². The van der Waals surface area contributed by atoms with E-state index < -0.39 is 0 Å².